The smallest absolute Gasteiger partial charge is 0.338 e. The van der Waals surface area contributed by atoms with Crippen LogP contribution in [0.15, 0.2) is 36.4 Å². The lowest BCUT2D eigenvalue weighted by Gasteiger charge is -2.26. The number of fused-ring (bicyclic) bond motifs is 5. The van der Waals surface area contributed by atoms with E-state index in [0.717, 1.165) is 4.90 Å². The van der Waals surface area contributed by atoms with Crippen molar-refractivity contribution in [3.05, 3.63) is 42.0 Å². The molecule has 0 aromatic heterocycles. The lowest BCUT2D eigenvalue weighted by molar-refractivity contribution is -0.128. The summed E-state index contributed by atoms with van der Waals surface area (Å²) in [5.41, 5.74) is -0.367. The maximum Gasteiger partial charge on any atom is 0.338 e. The number of rotatable bonds is 4. The van der Waals surface area contributed by atoms with Crippen molar-refractivity contribution in [1.29, 1.82) is 0 Å². The number of ether oxygens (including phenoxy) is 2. The molecule has 1 N–H and O–H groups in total. The van der Waals surface area contributed by atoms with Crippen molar-refractivity contribution in [3.8, 4) is 0 Å². The Kier molecular flexibility index (Phi) is 3.52. The number of amides is 2. The quantitative estimate of drug-likeness (QED) is 0.491. The number of esters is 1. The van der Waals surface area contributed by atoms with Gasteiger partial charge < -0.3 is 14.6 Å². The van der Waals surface area contributed by atoms with Crippen molar-refractivity contribution in [2.45, 2.75) is 18.6 Å². The molecule has 4 rings (SSSR count). The summed E-state index contributed by atoms with van der Waals surface area (Å²) < 4.78 is 10.6. The lowest BCUT2D eigenvalue weighted by atomic mass is 9.77. The van der Waals surface area contributed by atoms with Gasteiger partial charge in [-0.15, -0.1) is 0 Å². The van der Waals surface area contributed by atoms with Crippen LogP contribution in [-0.2, 0) is 19.1 Å². The molecule has 0 saturated carbocycles. The maximum absolute atomic E-state index is 12.9. The molecule has 3 heterocycles. The number of nitrogens with zero attached hydrogens (tertiary/aromatic N) is 1. The predicted octanol–water partition coefficient (Wildman–Crippen LogP) is 0.669. The van der Waals surface area contributed by atoms with E-state index in [4.69, 9.17) is 9.47 Å². The van der Waals surface area contributed by atoms with E-state index >= 15 is 0 Å². The highest BCUT2D eigenvalue weighted by atomic mass is 16.5. The highest BCUT2D eigenvalue weighted by Crippen LogP contribution is 2.52. The molecule has 2 amide bonds. The van der Waals surface area contributed by atoms with Crippen LogP contribution >= 0.6 is 0 Å². The van der Waals surface area contributed by atoms with Gasteiger partial charge in [0.2, 0.25) is 11.8 Å². The van der Waals surface area contributed by atoms with Crippen LogP contribution < -0.4 is 4.90 Å². The Morgan fingerprint density at radius 3 is 2.64 bits per heavy atom. The van der Waals surface area contributed by atoms with Crippen molar-refractivity contribution in [2.75, 3.05) is 18.1 Å². The molecule has 7 heteroatoms. The average Bonchev–Trinajstić information content (AvgIpc) is 3.26. The van der Waals surface area contributed by atoms with Crippen LogP contribution in [0.2, 0.25) is 0 Å². The monoisotopic (exact) mass is 343 g/mol. The van der Waals surface area contributed by atoms with E-state index in [1.54, 1.807) is 31.2 Å². The first-order chi connectivity index (χ1) is 12.0. The van der Waals surface area contributed by atoms with E-state index in [2.05, 4.69) is 0 Å². The summed E-state index contributed by atoms with van der Waals surface area (Å²) in [4.78, 5) is 38.5. The van der Waals surface area contributed by atoms with Gasteiger partial charge in [-0.05, 0) is 31.2 Å². The number of benzene rings is 1. The zero-order valence-electron chi connectivity index (χ0n) is 13.5. The van der Waals surface area contributed by atoms with Crippen LogP contribution in [0.1, 0.15) is 17.3 Å². The van der Waals surface area contributed by atoms with Crippen molar-refractivity contribution in [2.24, 2.45) is 11.8 Å². The number of hydrogen-bond acceptors (Lipinski definition) is 6. The SMILES string of the molecule is CCOC(=O)c1ccc(N2C(=O)[C@H]3[C@H]4C=C[C@@](CO)(O4)[C@H]3C2=O)cc1. The largest absolute Gasteiger partial charge is 0.462 e. The van der Waals surface area contributed by atoms with Gasteiger partial charge in [-0.3, -0.25) is 9.59 Å². The molecule has 1 aromatic carbocycles. The van der Waals surface area contributed by atoms with Gasteiger partial charge in [0.15, 0.2) is 0 Å². The molecule has 2 bridgehead atoms. The zero-order chi connectivity index (χ0) is 17.8. The van der Waals surface area contributed by atoms with E-state index in [-0.39, 0.29) is 25.0 Å². The van der Waals surface area contributed by atoms with Crippen LogP contribution in [0.5, 0.6) is 0 Å². The zero-order valence-corrected chi connectivity index (χ0v) is 13.5. The van der Waals surface area contributed by atoms with Crippen LogP contribution in [0.25, 0.3) is 0 Å². The summed E-state index contributed by atoms with van der Waals surface area (Å²) in [5.74, 6) is -2.53. The molecule has 7 nitrogen and oxygen atoms in total. The summed E-state index contributed by atoms with van der Waals surface area (Å²) in [5, 5.41) is 9.69. The third-order valence-electron chi connectivity index (χ3n) is 5.04. The topological polar surface area (TPSA) is 93.1 Å². The standard InChI is InChI=1S/C18H17NO6/c1-2-24-17(23)10-3-5-11(6-4-10)19-15(21)13-12-7-8-18(9-20,25-12)14(13)16(19)22/h3-8,12-14,20H,2,9H2,1H3/t12-,13+,14-,18+/m1/s1. The van der Waals surface area contributed by atoms with Gasteiger partial charge in [-0.1, -0.05) is 12.2 Å². The highest BCUT2D eigenvalue weighted by Gasteiger charge is 2.67. The first kappa shape index (κ1) is 16.0. The second kappa shape index (κ2) is 5.50. The minimum atomic E-state index is -1.11. The van der Waals surface area contributed by atoms with E-state index in [9.17, 15) is 19.5 Å². The van der Waals surface area contributed by atoms with Crippen LogP contribution in [0, 0.1) is 11.8 Å². The summed E-state index contributed by atoms with van der Waals surface area (Å²) >= 11 is 0. The molecule has 2 fully saturated rings. The Balaban J connectivity index is 1.64. The molecule has 2 saturated heterocycles. The van der Waals surface area contributed by atoms with Gasteiger partial charge in [0, 0.05) is 0 Å². The van der Waals surface area contributed by atoms with E-state index < -0.39 is 29.5 Å². The van der Waals surface area contributed by atoms with E-state index in [1.165, 1.54) is 12.1 Å². The van der Waals surface area contributed by atoms with Gasteiger partial charge in [-0.2, -0.15) is 0 Å². The first-order valence-electron chi connectivity index (χ1n) is 8.15. The molecule has 0 radical (unpaired) electrons. The predicted molar refractivity (Wildman–Crippen MR) is 85.7 cm³/mol. The molecule has 0 aliphatic carbocycles. The van der Waals surface area contributed by atoms with Crippen LogP contribution in [-0.4, -0.2) is 47.8 Å². The molecule has 0 unspecified atom stereocenters. The minimum absolute atomic E-state index is 0.269. The molecule has 3 aliphatic heterocycles. The molecular weight excluding hydrogens is 326 g/mol. The fourth-order valence-electron chi connectivity index (χ4n) is 3.90. The van der Waals surface area contributed by atoms with Crippen LogP contribution in [0.3, 0.4) is 0 Å². The molecule has 1 aromatic rings. The Bertz CT molecular complexity index is 785. The Morgan fingerprint density at radius 2 is 2.00 bits per heavy atom. The molecule has 25 heavy (non-hydrogen) atoms. The van der Waals surface area contributed by atoms with Crippen LogP contribution in [0.4, 0.5) is 5.69 Å². The van der Waals surface area contributed by atoms with Gasteiger partial charge in [0.25, 0.3) is 0 Å². The molecule has 4 atom stereocenters. The molecule has 3 aliphatic rings. The lowest BCUT2D eigenvalue weighted by Crippen LogP contribution is -2.43. The summed E-state index contributed by atoms with van der Waals surface area (Å²) in [7, 11) is 0. The first-order valence-corrected chi connectivity index (χ1v) is 8.15. The number of hydrogen-bond donors (Lipinski definition) is 1. The van der Waals surface area contributed by atoms with Crippen molar-refractivity contribution < 1.29 is 29.0 Å². The number of carbonyl (C=O) groups is 3. The maximum atomic E-state index is 12.9. The highest BCUT2D eigenvalue weighted by molar-refractivity contribution is 6.23. The number of carbonyl (C=O) groups excluding carboxylic acids is 3. The van der Waals surface area contributed by atoms with E-state index in [0.29, 0.717) is 11.3 Å². The fourth-order valence-corrected chi connectivity index (χ4v) is 3.90. The minimum Gasteiger partial charge on any atom is -0.462 e. The molecular formula is C18H17NO6. The Hall–Kier alpha value is -2.51. The Labute approximate surface area is 143 Å². The van der Waals surface area contributed by atoms with Gasteiger partial charge >= 0.3 is 5.97 Å². The molecule has 130 valence electrons. The van der Waals surface area contributed by atoms with Gasteiger partial charge in [-0.25, -0.2) is 9.69 Å². The summed E-state index contributed by atoms with van der Waals surface area (Å²) in [6, 6.07) is 6.14. The van der Waals surface area contributed by atoms with Crippen molar-refractivity contribution in [1.82, 2.24) is 0 Å². The third kappa shape index (κ3) is 2.09. The molecule has 0 spiro atoms. The Morgan fingerprint density at radius 1 is 1.28 bits per heavy atom. The average molecular weight is 343 g/mol. The van der Waals surface area contributed by atoms with E-state index in [1.807, 2.05) is 0 Å². The second-order valence-electron chi connectivity index (χ2n) is 6.34. The summed E-state index contributed by atoms with van der Waals surface area (Å²) in [6.07, 6.45) is 2.92. The van der Waals surface area contributed by atoms with Gasteiger partial charge in [0.05, 0.1) is 42.4 Å². The fraction of sp³-hybridized carbons (Fsp3) is 0.389. The van der Waals surface area contributed by atoms with Gasteiger partial charge in [0.1, 0.15) is 5.60 Å². The number of aliphatic hydroxyl groups is 1. The number of anilines is 1. The summed E-state index contributed by atoms with van der Waals surface area (Å²) in [6.45, 7) is 1.63. The van der Waals surface area contributed by atoms with Crippen molar-refractivity contribution >= 4 is 23.5 Å². The number of imide groups is 1. The number of aliphatic hydroxyl groups excluding tert-OH is 1. The normalized spacial score (nSPS) is 32.4. The third-order valence-corrected chi connectivity index (χ3v) is 5.04. The second-order valence-corrected chi connectivity index (χ2v) is 6.34. The van der Waals surface area contributed by atoms with Crippen molar-refractivity contribution in [3.63, 3.8) is 0 Å².